The van der Waals surface area contributed by atoms with Gasteiger partial charge < -0.3 is 10.6 Å². The maximum Gasteiger partial charge on any atom is 0.0285 e. The van der Waals surface area contributed by atoms with E-state index in [4.69, 9.17) is 0 Å². The molecule has 102 valence electrons. The highest BCUT2D eigenvalue weighted by atomic mass is 79.9. The molecule has 1 aliphatic heterocycles. The van der Waals surface area contributed by atoms with E-state index in [1.54, 1.807) is 0 Å². The number of piperidine rings is 1. The zero-order valence-electron chi connectivity index (χ0n) is 11.3. The molecular weight excluding hydrogens is 308 g/mol. The van der Waals surface area contributed by atoms with Crippen molar-refractivity contribution in [3.8, 4) is 0 Å². The maximum absolute atomic E-state index is 3.65. The predicted molar refractivity (Wildman–Crippen MR) is 83.5 cm³/mol. The summed E-state index contributed by atoms with van der Waals surface area (Å²) in [5, 5.41) is 9.30. The van der Waals surface area contributed by atoms with Gasteiger partial charge in [-0.2, -0.15) is 0 Å². The number of hydrogen-bond acceptors (Lipinski definition) is 3. The molecule has 0 aromatic carbocycles. The highest BCUT2D eigenvalue weighted by Crippen LogP contribution is 2.31. The summed E-state index contributed by atoms with van der Waals surface area (Å²) >= 11 is 5.38. The summed E-state index contributed by atoms with van der Waals surface area (Å²) in [6.07, 6.45) is 2.69. The van der Waals surface area contributed by atoms with E-state index in [-0.39, 0.29) is 5.41 Å². The SMILES string of the molecule is CC(C)(CNCC1CCCNC1)c1cc(Br)cs1. The van der Waals surface area contributed by atoms with Gasteiger partial charge in [0, 0.05) is 26.7 Å². The van der Waals surface area contributed by atoms with Crippen LogP contribution in [0.2, 0.25) is 0 Å². The van der Waals surface area contributed by atoms with Crippen LogP contribution in [-0.2, 0) is 5.41 Å². The number of thiophene rings is 1. The Kier molecular flexibility index (Phi) is 5.24. The Hall–Kier alpha value is 0.1000. The Bertz CT molecular complexity index is 370. The Balaban J connectivity index is 1.78. The normalized spacial score (nSPS) is 21.2. The number of rotatable bonds is 5. The van der Waals surface area contributed by atoms with Gasteiger partial charge in [-0.1, -0.05) is 13.8 Å². The lowest BCUT2D eigenvalue weighted by Gasteiger charge is -2.27. The summed E-state index contributed by atoms with van der Waals surface area (Å²) in [6, 6.07) is 2.24. The minimum atomic E-state index is 0.221. The monoisotopic (exact) mass is 330 g/mol. The molecule has 1 unspecified atom stereocenters. The van der Waals surface area contributed by atoms with Crippen LogP contribution in [0.25, 0.3) is 0 Å². The molecule has 0 bridgehead atoms. The molecule has 1 aliphatic rings. The standard InChI is InChI=1S/C14H23BrN2S/c1-14(2,13-6-12(15)9-18-13)10-17-8-11-4-3-5-16-7-11/h6,9,11,16-17H,3-5,7-8,10H2,1-2H3. The highest BCUT2D eigenvalue weighted by molar-refractivity contribution is 9.10. The lowest BCUT2D eigenvalue weighted by molar-refractivity contribution is 0.346. The predicted octanol–water partition coefficient (Wildman–Crippen LogP) is 3.38. The third-order valence-electron chi connectivity index (χ3n) is 3.63. The smallest absolute Gasteiger partial charge is 0.0285 e. The van der Waals surface area contributed by atoms with Crippen LogP contribution in [0.15, 0.2) is 15.9 Å². The molecule has 18 heavy (non-hydrogen) atoms. The average Bonchev–Trinajstić information content (AvgIpc) is 2.78. The lowest BCUT2D eigenvalue weighted by Crippen LogP contribution is -2.40. The Morgan fingerprint density at radius 2 is 2.39 bits per heavy atom. The first-order chi connectivity index (χ1) is 8.58. The summed E-state index contributed by atoms with van der Waals surface area (Å²) in [5.41, 5.74) is 0.221. The third kappa shape index (κ3) is 4.05. The van der Waals surface area contributed by atoms with Gasteiger partial charge in [-0.25, -0.2) is 0 Å². The quantitative estimate of drug-likeness (QED) is 0.864. The van der Waals surface area contributed by atoms with Crippen LogP contribution in [0, 0.1) is 5.92 Å². The molecule has 2 rings (SSSR count). The number of hydrogen-bond donors (Lipinski definition) is 2. The van der Waals surface area contributed by atoms with Gasteiger partial charge in [0.2, 0.25) is 0 Å². The Labute approximate surface area is 123 Å². The molecule has 0 radical (unpaired) electrons. The van der Waals surface area contributed by atoms with Crippen LogP contribution in [0.3, 0.4) is 0 Å². The van der Waals surface area contributed by atoms with E-state index in [0.29, 0.717) is 0 Å². The number of halogens is 1. The molecule has 1 atom stereocenters. The summed E-state index contributed by atoms with van der Waals surface area (Å²) in [7, 11) is 0. The molecule has 1 aromatic heterocycles. The minimum absolute atomic E-state index is 0.221. The van der Waals surface area contributed by atoms with Crippen LogP contribution >= 0.6 is 27.3 Å². The van der Waals surface area contributed by atoms with Crippen molar-refractivity contribution in [1.82, 2.24) is 10.6 Å². The zero-order valence-corrected chi connectivity index (χ0v) is 13.7. The van der Waals surface area contributed by atoms with Crippen molar-refractivity contribution in [1.29, 1.82) is 0 Å². The summed E-state index contributed by atoms with van der Waals surface area (Å²) in [5.74, 6) is 0.810. The summed E-state index contributed by atoms with van der Waals surface area (Å²) in [6.45, 7) is 9.21. The molecule has 1 saturated heterocycles. The van der Waals surface area contributed by atoms with Crippen molar-refractivity contribution in [3.05, 3.63) is 20.8 Å². The van der Waals surface area contributed by atoms with Crippen molar-refractivity contribution in [2.75, 3.05) is 26.2 Å². The zero-order chi connectivity index (χ0) is 13.0. The van der Waals surface area contributed by atoms with Crippen LogP contribution in [0.1, 0.15) is 31.6 Å². The summed E-state index contributed by atoms with van der Waals surface area (Å²) < 4.78 is 1.20. The van der Waals surface area contributed by atoms with E-state index >= 15 is 0 Å². The molecule has 0 aliphatic carbocycles. The second-order valence-electron chi connectivity index (χ2n) is 5.86. The van der Waals surface area contributed by atoms with Gasteiger partial charge in [-0.3, -0.25) is 0 Å². The van der Waals surface area contributed by atoms with Crippen LogP contribution < -0.4 is 10.6 Å². The molecule has 0 saturated carbocycles. The van der Waals surface area contributed by atoms with E-state index in [1.807, 2.05) is 11.3 Å². The first-order valence-corrected chi connectivity index (χ1v) is 8.41. The van der Waals surface area contributed by atoms with Crippen LogP contribution in [-0.4, -0.2) is 26.2 Å². The average molecular weight is 331 g/mol. The molecule has 0 spiro atoms. The van der Waals surface area contributed by atoms with Gasteiger partial charge in [-0.05, 0) is 60.4 Å². The molecule has 2 N–H and O–H groups in total. The van der Waals surface area contributed by atoms with Gasteiger partial charge in [-0.15, -0.1) is 11.3 Å². The van der Waals surface area contributed by atoms with E-state index in [2.05, 4.69) is 51.9 Å². The fraction of sp³-hybridized carbons (Fsp3) is 0.714. The molecular formula is C14H23BrN2S. The molecule has 4 heteroatoms. The molecule has 1 fully saturated rings. The van der Waals surface area contributed by atoms with Gasteiger partial charge in [0.05, 0.1) is 0 Å². The van der Waals surface area contributed by atoms with Gasteiger partial charge in [0.1, 0.15) is 0 Å². The van der Waals surface area contributed by atoms with Crippen molar-refractivity contribution in [2.45, 2.75) is 32.1 Å². The second-order valence-corrected chi connectivity index (χ2v) is 7.68. The first kappa shape index (κ1) is 14.5. The van der Waals surface area contributed by atoms with Crippen molar-refractivity contribution in [3.63, 3.8) is 0 Å². The summed E-state index contributed by atoms with van der Waals surface area (Å²) in [4.78, 5) is 1.45. The maximum atomic E-state index is 3.65. The Morgan fingerprint density at radius 1 is 1.56 bits per heavy atom. The largest absolute Gasteiger partial charge is 0.316 e. The molecule has 1 aromatic rings. The van der Waals surface area contributed by atoms with E-state index in [1.165, 1.54) is 35.3 Å². The fourth-order valence-corrected chi connectivity index (χ4v) is 4.00. The van der Waals surface area contributed by atoms with Gasteiger partial charge >= 0.3 is 0 Å². The van der Waals surface area contributed by atoms with E-state index in [9.17, 15) is 0 Å². The van der Waals surface area contributed by atoms with Crippen molar-refractivity contribution < 1.29 is 0 Å². The van der Waals surface area contributed by atoms with E-state index in [0.717, 1.165) is 19.0 Å². The molecule has 2 heterocycles. The highest BCUT2D eigenvalue weighted by Gasteiger charge is 2.22. The van der Waals surface area contributed by atoms with E-state index < -0.39 is 0 Å². The first-order valence-electron chi connectivity index (χ1n) is 6.74. The van der Waals surface area contributed by atoms with Crippen molar-refractivity contribution >= 4 is 27.3 Å². The topological polar surface area (TPSA) is 24.1 Å². The Morgan fingerprint density at radius 3 is 3.00 bits per heavy atom. The molecule has 2 nitrogen and oxygen atoms in total. The number of nitrogens with one attached hydrogen (secondary N) is 2. The fourth-order valence-electron chi connectivity index (χ4n) is 2.44. The molecule has 0 amide bonds. The van der Waals surface area contributed by atoms with Gasteiger partial charge in [0.15, 0.2) is 0 Å². The van der Waals surface area contributed by atoms with Gasteiger partial charge in [0.25, 0.3) is 0 Å². The lowest BCUT2D eigenvalue weighted by atomic mass is 9.91. The van der Waals surface area contributed by atoms with Crippen LogP contribution in [0.5, 0.6) is 0 Å². The second kappa shape index (κ2) is 6.51. The van der Waals surface area contributed by atoms with Crippen LogP contribution in [0.4, 0.5) is 0 Å². The van der Waals surface area contributed by atoms with Crippen molar-refractivity contribution in [2.24, 2.45) is 5.92 Å². The minimum Gasteiger partial charge on any atom is -0.316 e. The third-order valence-corrected chi connectivity index (χ3v) is 5.69.